The smallest absolute Gasteiger partial charge is 0.0467 e. The molecular formula is C48H33N. The molecule has 9 rings (SSSR count). The van der Waals surface area contributed by atoms with Gasteiger partial charge in [0, 0.05) is 17.1 Å². The molecule has 0 saturated carbocycles. The van der Waals surface area contributed by atoms with Crippen LogP contribution in [0.3, 0.4) is 0 Å². The van der Waals surface area contributed by atoms with E-state index in [2.05, 4.69) is 205 Å². The normalized spacial score (nSPS) is 11.3. The van der Waals surface area contributed by atoms with Gasteiger partial charge in [0.05, 0.1) is 0 Å². The second-order valence-corrected chi connectivity index (χ2v) is 12.6. The number of rotatable bonds is 6. The van der Waals surface area contributed by atoms with Gasteiger partial charge in [-0.15, -0.1) is 0 Å². The minimum absolute atomic E-state index is 1.11. The minimum atomic E-state index is 1.11. The molecule has 0 N–H and O–H groups in total. The molecule has 9 aromatic rings. The molecule has 0 radical (unpaired) electrons. The van der Waals surface area contributed by atoms with E-state index in [1.54, 1.807) is 0 Å². The van der Waals surface area contributed by atoms with Crippen LogP contribution in [-0.4, -0.2) is 0 Å². The highest BCUT2D eigenvalue weighted by Gasteiger charge is 2.15. The summed E-state index contributed by atoms with van der Waals surface area (Å²) in [5.41, 5.74) is 10.6. The lowest BCUT2D eigenvalue weighted by Gasteiger charge is -2.26. The predicted molar refractivity (Wildman–Crippen MR) is 210 cm³/mol. The summed E-state index contributed by atoms with van der Waals surface area (Å²) in [4.78, 5) is 2.35. The Morgan fingerprint density at radius 1 is 0.204 bits per heavy atom. The maximum atomic E-state index is 2.36. The Bertz CT molecular complexity index is 2530. The van der Waals surface area contributed by atoms with Crippen molar-refractivity contribution in [2.45, 2.75) is 0 Å². The molecule has 1 heteroatoms. The van der Waals surface area contributed by atoms with E-state index in [9.17, 15) is 0 Å². The van der Waals surface area contributed by atoms with Crippen molar-refractivity contribution in [1.82, 2.24) is 0 Å². The van der Waals surface area contributed by atoms with Gasteiger partial charge in [0.1, 0.15) is 0 Å². The Hall–Kier alpha value is -6.44. The van der Waals surface area contributed by atoms with Crippen LogP contribution in [0.1, 0.15) is 0 Å². The van der Waals surface area contributed by atoms with E-state index in [4.69, 9.17) is 0 Å². The molecule has 0 heterocycles. The summed E-state index contributed by atoms with van der Waals surface area (Å²) in [5.74, 6) is 0. The summed E-state index contributed by atoms with van der Waals surface area (Å²) in [6.45, 7) is 0. The molecule has 0 unspecified atom stereocenters. The van der Waals surface area contributed by atoms with Crippen molar-refractivity contribution in [3.05, 3.63) is 200 Å². The zero-order valence-corrected chi connectivity index (χ0v) is 27.0. The van der Waals surface area contributed by atoms with Crippen LogP contribution < -0.4 is 4.90 Å². The molecule has 0 spiro atoms. The number of fused-ring (bicyclic) bond motifs is 6. The topological polar surface area (TPSA) is 3.24 Å². The maximum absolute atomic E-state index is 2.36. The second kappa shape index (κ2) is 12.3. The number of hydrogen-bond donors (Lipinski definition) is 0. The SMILES string of the molecule is c1ccc(-c2ccc(N(c3ccc(-c4ccc5c6ccccc6c6ccccc6c5c4)cc3)c3cccc(-c4ccccc4)c3)cc2)cc1. The highest BCUT2D eigenvalue weighted by atomic mass is 15.1. The van der Waals surface area contributed by atoms with Crippen LogP contribution in [0.2, 0.25) is 0 Å². The van der Waals surface area contributed by atoms with E-state index in [0.717, 1.165) is 17.1 Å². The molecular weight excluding hydrogens is 591 g/mol. The fraction of sp³-hybridized carbons (Fsp3) is 0. The number of benzene rings is 9. The van der Waals surface area contributed by atoms with Crippen molar-refractivity contribution >= 4 is 49.4 Å². The Labute approximate surface area is 287 Å². The van der Waals surface area contributed by atoms with Crippen molar-refractivity contribution in [3.63, 3.8) is 0 Å². The van der Waals surface area contributed by atoms with Gasteiger partial charge in [-0.05, 0) is 108 Å². The highest BCUT2D eigenvalue weighted by molar-refractivity contribution is 6.25. The van der Waals surface area contributed by atoms with E-state index in [-0.39, 0.29) is 0 Å². The van der Waals surface area contributed by atoms with Gasteiger partial charge in [-0.25, -0.2) is 0 Å². The summed E-state index contributed by atoms with van der Waals surface area (Å²) in [5, 5.41) is 7.76. The van der Waals surface area contributed by atoms with E-state index in [1.807, 2.05) is 0 Å². The van der Waals surface area contributed by atoms with Gasteiger partial charge < -0.3 is 4.90 Å². The average Bonchev–Trinajstić information content (AvgIpc) is 3.19. The van der Waals surface area contributed by atoms with Crippen LogP contribution in [0, 0.1) is 0 Å². The molecule has 9 aromatic carbocycles. The number of hydrogen-bond acceptors (Lipinski definition) is 1. The third kappa shape index (κ3) is 5.32. The van der Waals surface area contributed by atoms with Crippen LogP contribution in [0.25, 0.3) is 65.7 Å². The van der Waals surface area contributed by atoms with Gasteiger partial charge in [-0.1, -0.05) is 158 Å². The summed E-state index contributed by atoms with van der Waals surface area (Å²) in [6, 6.07) is 72.3. The Kier molecular flexibility index (Phi) is 7.22. The summed E-state index contributed by atoms with van der Waals surface area (Å²) in [6.07, 6.45) is 0. The lowest BCUT2D eigenvalue weighted by atomic mass is 9.92. The summed E-state index contributed by atoms with van der Waals surface area (Å²) < 4.78 is 0. The van der Waals surface area contributed by atoms with Crippen molar-refractivity contribution < 1.29 is 0 Å². The zero-order chi connectivity index (χ0) is 32.6. The highest BCUT2D eigenvalue weighted by Crippen LogP contribution is 2.40. The first kappa shape index (κ1) is 28.8. The standard InChI is InChI=1S/C48H33N/c1-3-12-34(13-4-1)36-22-27-40(28-23-36)49(42-17-11-16-38(32-42)35-14-5-2-6-15-35)41-29-24-37(25-30-41)39-26-31-47-45-20-8-7-18-43(45)44-19-9-10-21-46(44)48(47)33-39/h1-33H. The molecule has 230 valence electrons. The van der Waals surface area contributed by atoms with Crippen molar-refractivity contribution in [3.8, 4) is 33.4 Å². The quantitative estimate of drug-likeness (QED) is 0.167. The first-order valence-electron chi connectivity index (χ1n) is 16.8. The third-order valence-electron chi connectivity index (χ3n) is 9.65. The largest absolute Gasteiger partial charge is 0.310 e. The van der Waals surface area contributed by atoms with Crippen molar-refractivity contribution in [2.75, 3.05) is 4.90 Å². The fourth-order valence-electron chi connectivity index (χ4n) is 7.23. The van der Waals surface area contributed by atoms with E-state index in [0.29, 0.717) is 0 Å². The summed E-state index contributed by atoms with van der Waals surface area (Å²) >= 11 is 0. The van der Waals surface area contributed by atoms with Crippen molar-refractivity contribution in [2.24, 2.45) is 0 Å². The van der Waals surface area contributed by atoms with Crippen LogP contribution in [0.4, 0.5) is 17.1 Å². The monoisotopic (exact) mass is 623 g/mol. The van der Waals surface area contributed by atoms with E-state index in [1.165, 1.54) is 65.7 Å². The van der Waals surface area contributed by atoms with Gasteiger partial charge in [0.25, 0.3) is 0 Å². The second-order valence-electron chi connectivity index (χ2n) is 12.6. The van der Waals surface area contributed by atoms with Crippen LogP contribution in [0.15, 0.2) is 200 Å². The Morgan fingerprint density at radius 3 is 1.12 bits per heavy atom. The molecule has 0 atom stereocenters. The molecule has 0 aromatic heterocycles. The van der Waals surface area contributed by atoms with Crippen LogP contribution in [0.5, 0.6) is 0 Å². The molecule has 0 amide bonds. The fourth-order valence-corrected chi connectivity index (χ4v) is 7.23. The zero-order valence-electron chi connectivity index (χ0n) is 27.0. The molecule has 49 heavy (non-hydrogen) atoms. The van der Waals surface area contributed by atoms with Gasteiger partial charge in [0.2, 0.25) is 0 Å². The third-order valence-corrected chi connectivity index (χ3v) is 9.65. The molecule has 0 aliphatic rings. The van der Waals surface area contributed by atoms with E-state index >= 15 is 0 Å². The molecule has 1 nitrogen and oxygen atoms in total. The van der Waals surface area contributed by atoms with Gasteiger partial charge >= 0.3 is 0 Å². The Morgan fingerprint density at radius 2 is 0.571 bits per heavy atom. The molecule has 0 fully saturated rings. The average molecular weight is 624 g/mol. The van der Waals surface area contributed by atoms with Crippen LogP contribution >= 0.6 is 0 Å². The van der Waals surface area contributed by atoms with Gasteiger partial charge in [-0.2, -0.15) is 0 Å². The lowest BCUT2D eigenvalue weighted by molar-refractivity contribution is 1.28. The van der Waals surface area contributed by atoms with E-state index < -0.39 is 0 Å². The van der Waals surface area contributed by atoms with Crippen molar-refractivity contribution in [1.29, 1.82) is 0 Å². The summed E-state index contributed by atoms with van der Waals surface area (Å²) in [7, 11) is 0. The lowest BCUT2D eigenvalue weighted by Crippen LogP contribution is -2.10. The molecule has 0 saturated heterocycles. The van der Waals surface area contributed by atoms with Crippen LogP contribution in [-0.2, 0) is 0 Å². The molecule has 0 aliphatic heterocycles. The number of nitrogens with zero attached hydrogens (tertiary/aromatic N) is 1. The van der Waals surface area contributed by atoms with Gasteiger partial charge in [0.15, 0.2) is 0 Å². The molecule has 0 bridgehead atoms. The number of anilines is 3. The first-order chi connectivity index (χ1) is 24.3. The predicted octanol–water partition coefficient (Wildman–Crippen LogP) is 13.6. The first-order valence-corrected chi connectivity index (χ1v) is 16.8. The molecule has 0 aliphatic carbocycles. The van der Waals surface area contributed by atoms with Gasteiger partial charge in [-0.3, -0.25) is 0 Å². The minimum Gasteiger partial charge on any atom is -0.310 e. The maximum Gasteiger partial charge on any atom is 0.0467 e. The Balaban J connectivity index is 1.14.